The summed E-state index contributed by atoms with van der Waals surface area (Å²) in [7, 11) is 0. The maximum Gasteiger partial charge on any atom is 0.265 e. The average molecular weight is 397 g/mol. The third kappa shape index (κ3) is 3.74. The molecule has 150 valence electrons. The first-order valence-electron chi connectivity index (χ1n) is 10.0. The molecule has 0 saturated carbocycles. The molecule has 4 rings (SSSR count). The molecular formula is C25H23N3O2. The SMILES string of the molecule is CCC(C(=O)Nc1cccc(-n2c(C)nc3ccccc3c2=O)c1)c1ccccc1. The average Bonchev–Trinajstić information content (AvgIpc) is 2.75. The van der Waals surface area contributed by atoms with Crippen LogP contribution in [0.3, 0.4) is 0 Å². The molecule has 1 heterocycles. The summed E-state index contributed by atoms with van der Waals surface area (Å²) in [4.78, 5) is 30.5. The lowest BCUT2D eigenvalue weighted by Gasteiger charge is -2.16. The summed E-state index contributed by atoms with van der Waals surface area (Å²) in [5.41, 5.74) is 2.85. The highest BCUT2D eigenvalue weighted by Gasteiger charge is 2.19. The minimum Gasteiger partial charge on any atom is -0.325 e. The molecule has 0 aliphatic rings. The summed E-state index contributed by atoms with van der Waals surface area (Å²) in [6.45, 7) is 3.80. The monoisotopic (exact) mass is 397 g/mol. The molecule has 0 bridgehead atoms. The van der Waals surface area contributed by atoms with E-state index >= 15 is 0 Å². The molecule has 5 heteroatoms. The molecule has 0 fully saturated rings. The molecule has 1 unspecified atom stereocenters. The number of hydrogen-bond acceptors (Lipinski definition) is 3. The fraction of sp³-hybridized carbons (Fsp3) is 0.160. The Morgan fingerprint density at radius 1 is 1.00 bits per heavy atom. The number of para-hydroxylation sites is 1. The standard InChI is InChI=1S/C25H23N3O2/c1-3-21(18-10-5-4-6-11-18)24(29)27-19-12-9-13-20(16-19)28-17(2)26-23-15-8-7-14-22(23)25(28)30/h4-16,21H,3H2,1-2H3,(H,27,29). The lowest BCUT2D eigenvalue weighted by atomic mass is 9.95. The van der Waals surface area contributed by atoms with Gasteiger partial charge < -0.3 is 5.32 Å². The molecule has 30 heavy (non-hydrogen) atoms. The highest BCUT2D eigenvalue weighted by Crippen LogP contribution is 2.23. The maximum absolute atomic E-state index is 13.1. The van der Waals surface area contributed by atoms with Crippen molar-refractivity contribution in [3.63, 3.8) is 0 Å². The van der Waals surface area contributed by atoms with E-state index in [-0.39, 0.29) is 17.4 Å². The van der Waals surface area contributed by atoms with E-state index in [1.807, 2.05) is 80.6 Å². The molecule has 1 N–H and O–H groups in total. The molecule has 3 aromatic carbocycles. The molecule has 1 amide bonds. The second-order valence-corrected chi connectivity index (χ2v) is 7.23. The van der Waals surface area contributed by atoms with Gasteiger partial charge in [-0.15, -0.1) is 0 Å². The Labute approximate surface area is 175 Å². The Balaban J connectivity index is 1.68. The smallest absolute Gasteiger partial charge is 0.265 e. The Hall–Kier alpha value is -3.73. The van der Waals surface area contributed by atoms with Crippen LogP contribution in [0.15, 0.2) is 83.7 Å². The van der Waals surface area contributed by atoms with Crippen molar-refractivity contribution < 1.29 is 4.79 Å². The molecule has 0 radical (unpaired) electrons. The van der Waals surface area contributed by atoms with E-state index in [9.17, 15) is 9.59 Å². The van der Waals surface area contributed by atoms with Crippen LogP contribution in [0.2, 0.25) is 0 Å². The molecular weight excluding hydrogens is 374 g/mol. The van der Waals surface area contributed by atoms with E-state index in [1.165, 1.54) is 0 Å². The van der Waals surface area contributed by atoms with Gasteiger partial charge in [0.05, 0.1) is 22.5 Å². The van der Waals surface area contributed by atoms with Gasteiger partial charge in [-0.3, -0.25) is 14.2 Å². The van der Waals surface area contributed by atoms with Gasteiger partial charge in [0, 0.05) is 5.69 Å². The number of rotatable bonds is 5. The van der Waals surface area contributed by atoms with Crippen molar-refractivity contribution in [2.24, 2.45) is 0 Å². The Morgan fingerprint density at radius 2 is 1.73 bits per heavy atom. The van der Waals surface area contributed by atoms with Crippen molar-refractivity contribution in [1.82, 2.24) is 9.55 Å². The second-order valence-electron chi connectivity index (χ2n) is 7.23. The van der Waals surface area contributed by atoms with Crippen LogP contribution in [0.1, 0.15) is 30.7 Å². The lowest BCUT2D eigenvalue weighted by molar-refractivity contribution is -0.117. The van der Waals surface area contributed by atoms with Gasteiger partial charge in [0.2, 0.25) is 5.91 Å². The molecule has 1 aromatic heterocycles. The van der Waals surface area contributed by atoms with Crippen LogP contribution in [-0.4, -0.2) is 15.5 Å². The zero-order valence-electron chi connectivity index (χ0n) is 17.0. The summed E-state index contributed by atoms with van der Waals surface area (Å²) in [6, 6.07) is 24.4. The minimum absolute atomic E-state index is 0.0680. The number of amides is 1. The summed E-state index contributed by atoms with van der Waals surface area (Å²) in [5, 5.41) is 3.57. The summed E-state index contributed by atoms with van der Waals surface area (Å²) >= 11 is 0. The predicted molar refractivity (Wildman–Crippen MR) is 120 cm³/mol. The quantitative estimate of drug-likeness (QED) is 0.525. The van der Waals surface area contributed by atoms with E-state index < -0.39 is 0 Å². The Kier molecular flexibility index (Phi) is 5.44. The first-order chi connectivity index (χ1) is 14.6. The van der Waals surface area contributed by atoms with Gasteiger partial charge in [0.25, 0.3) is 5.56 Å². The first kappa shape index (κ1) is 19.6. The van der Waals surface area contributed by atoms with Crippen molar-refractivity contribution in [3.05, 3.63) is 101 Å². The number of carbonyl (C=O) groups excluding carboxylic acids is 1. The topological polar surface area (TPSA) is 64.0 Å². The highest BCUT2D eigenvalue weighted by atomic mass is 16.2. The van der Waals surface area contributed by atoms with Gasteiger partial charge in [-0.25, -0.2) is 4.98 Å². The van der Waals surface area contributed by atoms with Crippen LogP contribution >= 0.6 is 0 Å². The minimum atomic E-state index is -0.235. The van der Waals surface area contributed by atoms with Crippen molar-refractivity contribution in [2.45, 2.75) is 26.2 Å². The van der Waals surface area contributed by atoms with Crippen LogP contribution < -0.4 is 10.9 Å². The van der Waals surface area contributed by atoms with Gasteiger partial charge in [-0.1, -0.05) is 55.5 Å². The van der Waals surface area contributed by atoms with Gasteiger partial charge in [-0.05, 0) is 49.2 Å². The summed E-state index contributed by atoms with van der Waals surface area (Å²) < 4.78 is 1.58. The number of benzene rings is 3. The normalized spacial score (nSPS) is 11.9. The van der Waals surface area contributed by atoms with Crippen LogP contribution in [0.5, 0.6) is 0 Å². The number of hydrogen-bond donors (Lipinski definition) is 1. The number of nitrogens with zero attached hydrogens (tertiary/aromatic N) is 2. The molecule has 0 aliphatic heterocycles. The second kappa shape index (κ2) is 8.33. The molecule has 0 spiro atoms. The largest absolute Gasteiger partial charge is 0.325 e. The van der Waals surface area contributed by atoms with E-state index in [0.717, 1.165) is 5.56 Å². The summed E-state index contributed by atoms with van der Waals surface area (Å²) in [6.07, 6.45) is 0.697. The Bertz CT molecular complexity index is 1260. The number of carbonyl (C=O) groups is 1. The first-order valence-corrected chi connectivity index (χ1v) is 10.0. The number of aromatic nitrogens is 2. The van der Waals surface area contributed by atoms with Crippen LogP contribution in [0.4, 0.5) is 5.69 Å². The number of aryl methyl sites for hydroxylation is 1. The van der Waals surface area contributed by atoms with E-state index in [1.54, 1.807) is 16.7 Å². The van der Waals surface area contributed by atoms with Gasteiger partial charge >= 0.3 is 0 Å². The predicted octanol–water partition coefficient (Wildman–Crippen LogP) is 4.83. The lowest BCUT2D eigenvalue weighted by Crippen LogP contribution is -2.23. The maximum atomic E-state index is 13.1. The fourth-order valence-corrected chi connectivity index (χ4v) is 3.76. The van der Waals surface area contributed by atoms with Gasteiger partial charge in [0.15, 0.2) is 0 Å². The zero-order chi connectivity index (χ0) is 21.1. The summed E-state index contributed by atoms with van der Waals surface area (Å²) in [5.74, 6) is 0.293. The molecule has 5 nitrogen and oxygen atoms in total. The molecule has 1 atom stereocenters. The highest BCUT2D eigenvalue weighted by molar-refractivity contribution is 5.96. The molecule has 0 saturated heterocycles. The van der Waals surface area contributed by atoms with Crippen LogP contribution in [0, 0.1) is 6.92 Å². The third-order valence-corrected chi connectivity index (χ3v) is 5.24. The third-order valence-electron chi connectivity index (χ3n) is 5.24. The van der Waals surface area contributed by atoms with Crippen molar-refractivity contribution in [2.75, 3.05) is 5.32 Å². The zero-order valence-corrected chi connectivity index (χ0v) is 17.0. The van der Waals surface area contributed by atoms with E-state index in [2.05, 4.69) is 10.3 Å². The fourth-order valence-electron chi connectivity index (χ4n) is 3.76. The van der Waals surface area contributed by atoms with Crippen LogP contribution in [-0.2, 0) is 4.79 Å². The molecule has 4 aromatic rings. The van der Waals surface area contributed by atoms with Gasteiger partial charge in [0.1, 0.15) is 5.82 Å². The molecule has 0 aliphatic carbocycles. The van der Waals surface area contributed by atoms with Crippen molar-refractivity contribution >= 4 is 22.5 Å². The van der Waals surface area contributed by atoms with E-state index in [4.69, 9.17) is 0 Å². The number of fused-ring (bicyclic) bond motifs is 1. The van der Waals surface area contributed by atoms with E-state index in [0.29, 0.717) is 34.5 Å². The van der Waals surface area contributed by atoms with Crippen molar-refractivity contribution in [1.29, 1.82) is 0 Å². The Morgan fingerprint density at radius 3 is 2.50 bits per heavy atom. The number of nitrogens with one attached hydrogen (secondary N) is 1. The van der Waals surface area contributed by atoms with Crippen LogP contribution in [0.25, 0.3) is 16.6 Å². The van der Waals surface area contributed by atoms with Gasteiger partial charge in [-0.2, -0.15) is 0 Å². The number of anilines is 1. The van der Waals surface area contributed by atoms with Crippen molar-refractivity contribution in [3.8, 4) is 5.69 Å².